The van der Waals surface area contributed by atoms with Gasteiger partial charge in [-0.05, 0) is 70.1 Å². The molecule has 3 amide bonds. The number of Topliss-reactive ketones (excluding diaryl/α,β-unsaturated/α-hetero) is 4. The average molecular weight is 830 g/mol. The zero-order valence-electron chi connectivity index (χ0n) is 35.0. The van der Waals surface area contributed by atoms with E-state index in [0.29, 0.717) is 24.3 Å². The zero-order valence-corrected chi connectivity index (χ0v) is 35.7. The number of rotatable bonds is 24. The second-order valence-electron chi connectivity index (χ2n) is 16.9. The van der Waals surface area contributed by atoms with Crippen LogP contribution in [0.25, 0.3) is 0 Å². The van der Waals surface area contributed by atoms with E-state index >= 15 is 0 Å². The first kappa shape index (κ1) is 48.4. The number of carbonyl (C=O) groups is 8. The highest BCUT2D eigenvalue weighted by molar-refractivity contribution is 6.38. The topological polar surface area (TPSA) is 196 Å². The molecule has 2 fully saturated rings. The van der Waals surface area contributed by atoms with E-state index in [0.717, 1.165) is 44.1 Å². The number of amides is 3. The molecule has 3 rings (SSSR count). The van der Waals surface area contributed by atoms with Crippen molar-refractivity contribution in [1.29, 1.82) is 0 Å². The van der Waals surface area contributed by atoms with Crippen molar-refractivity contribution < 1.29 is 47.8 Å². The van der Waals surface area contributed by atoms with Gasteiger partial charge in [0.25, 0.3) is 0 Å². The number of primary amides is 1. The van der Waals surface area contributed by atoms with Crippen LogP contribution in [0.1, 0.15) is 136 Å². The van der Waals surface area contributed by atoms with Crippen LogP contribution in [0.2, 0.25) is 5.02 Å². The number of unbranched alkanes of at least 4 members (excludes halogenated alkanes) is 1. The number of ketones is 4. The van der Waals surface area contributed by atoms with Crippen LogP contribution in [-0.4, -0.2) is 88.7 Å². The molecule has 1 aromatic carbocycles. The van der Waals surface area contributed by atoms with Gasteiger partial charge in [0.2, 0.25) is 23.5 Å². The molecule has 2 aliphatic rings. The third-order valence-corrected chi connectivity index (χ3v) is 11.1. The minimum Gasteiger partial charge on any atom is -0.458 e. The number of ether oxygens (including phenoxy) is 2. The zero-order chi connectivity index (χ0) is 43.0. The summed E-state index contributed by atoms with van der Waals surface area (Å²) in [5, 5.41) is 3.04. The van der Waals surface area contributed by atoms with Gasteiger partial charge in [-0.2, -0.15) is 0 Å². The Morgan fingerprint density at radius 3 is 2.28 bits per heavy atom. The minimum atomic E-state index is -1.02. The van der Waals surface area contributed by atoms with Crippen molar-refractivity contribution in [3.8, 4) is 0 Å². The van der Waals surface area contributed by atoms with E-state index in [1.54, 1.807) is 39.0 Å². The number of esters is 1. The largest absolute Gasteiger partial charge is 0.458 e. The summed E-state index contributed by atoms with van der Waals surface area (Å²) in [7, 11) is 0. The molecule has 1 heterocycles. The summed E-state index contributed by atoms with van der Waals surface area (Å²) in [6.07, 6.45) is 5.32. The number of hydrogen-bond acceptors (Lipinski definition) is 10. The van der Waals surface area contributed by atoms with Gasteiger partial charge in [0.1, 0.15) is 24.0 Å². The lowest BCUT2D eigenvalue weighted by Crippen LogP contribution is -2.47. The van der Waals surface area contributed by atoms with E-state index in [2.05, 4.69) is 5.32 Å². The Kier molecular flexibility index (Phi) is 19.7. The van der Waals surface area contributed by atoms with Gasteiger partial charge >= 0.3 is 5.97 Å². The molecule has 3 N–H and O–H groups in total. The molecule has 0 radical (unpaired) electrons. The quantitative estimate of drug-likeness (QED) is 0.0947. The van der Waals surface area contributed by atoms with Gasteiger partial charge in [-0.3, -0.25) is 33.6 Å². The van der Waals surface area contributed by atoms with Crippen molar-refractivity contribution in [3.05, 3.63) is 34.9 Å². The number of nitrogens with one attached hydrogen (secondary N) is 1. The maximum absolute atomic E-state index is 14.7. The molecular weight excluding hydrogens is 766 g/mol. The SMILES string of the molecule is CCCCC(NC(=O)CCC(=O)C(=O)C(CCC)CC(=O)[C@@H]1C[C@@H](OCC(=O)OC(C)(C)C)CN1C(=O)C(CC(=O)Cc1cccc(Cl)c1)C1CCCCC1)C(N)=O. The fourth-order valence-electron chi connectivity index (χ4n) is 8.01. The third-order valence-electron chi connectivity index (χ3n) is 10.9. The van der Waals surface area contributed by atoms with E-state index < -0.39 is 83.8 Å². The second-order valence-corrected chi connectivity index (χ2v) is 17.4. The molecule has 1 saturated heterocycles. The molecule has 322 valence electrons. The lowest BCUT2D eigenvalue weighted by atomic mass is 9.76. The highest BCUT2D eigenvalue weighted by Gasteiger charge is 2.45. The lowest BCUT2D eigenvalue weighted by molar-refractivity contribution is -0.162. The van der Waals surface area contributed by atoms with Crippen LogP contribution in [-0.2, 0) is 54.3 Å². The van der Waals surface area contributed by atoms with E-state index in [1.165, 1.54) is 4.90 Å². The van der Waals surface area contributed by atoms with Gasteiger partial charge in [0.05, 0.1) is 12.1 Å². The summed E-state index contributed by atoms with van der Waals surface area (Å²) in [4.78, 5) is 108. The molecule has 58 heavy (non-hydrogen) atoms. The third kappa shape index (κ3) is 16.0. The van der Waals surface area contributed by atoms with Gasteiger partial charge in [-0.15, -0.1) is 0 Å². The fraction of sp³-hybridized carbons (Fsp3) is 0.682. The first-order valence-corrected chi connectivity index (χ1v) is 21.4. The number of nitrogens with zero attached hydrogens (tertiary/aromatic N) is 1. The standard InChI is InChI=1S/C44H64ClN3O10/c1-6-8-18-35(42(46)55)47-39(52)20-19-37(50)41(54)30(13-7-2)23-38(51)36-25-33(57-27-40(53)58-44(3,4)5)26-48(36)43(56)34(29-15-10-9-11-16-29)24-32(49)22-28-14-12-17-31(45)21-28/h12,14,17,21,29-30,33-36H,6-11,13,15-16,18-20,22-27H2,1-5H3,(H2,46,55)(H,47,52)/t30?,33-,34?,35?,36+/m1/s1. The molecule has 0 spiro atoms. The van der Waals surface area contributed by atoms with Crippen molar-refractivity contribution in [2.75, 3.05) is 13.2 Å². The number of nitrogens with two attached hydrogens (primary N) is 1. The van der Waals surface area contributed by atoms with E-state index in [4.69, 9.17) is 26.8 Å². The Morgan fingerprint density at radius 1 is 0.948 bits per heavy atom. The Bertz CT molecular complexity index is 1620. The molecule has 3 unspecified atom stereocenters. The first-order valence-electron chi connectivity index (χ1n) is 21.0. The number of halogens is 1. The molecule has 1 saturated carbocycles. The van der Waals surface area contributed by atoms with Gasteiger partial charge in [0, 0.05) is 61.9 Å². The number of carbonyl (C=O) groups excluding carboxylic acids is 8. The lowest BCUT2D eigenvalue weighted by Gasteiger charge is -2.34. The van der Waals surface area contributed by atoms with Gasteiger partial charge in [0.15, 0.2) is 11.6 Å². The Labute approximate surface area is 348 Å². The van der Waals surface area contributed by atoms with E-state index in [-0.39, 0.29) is 62.7 Å². The Balaban J connectivity index is 1.82. The van der Waals surface area contributed by atoms with Crippen LogP contribution in [0.4, 0.5) is 0 Å². The molecule has 0 aromatic heterocycles. The van der Waals surface area contributed by atoms with Crippen LogP contribution in [0.15, 0.2) is 24.3 Å². The molecule has 14 heteroatoms. The molecular formula is C44H64ClN3O10. The monoisotopic (exact) mass is 829 g/mol. The van der Waals surface area contributed by atoms with Crippen LogP contribution < -0.4 is 11.1 Å². The number of benzene rings is 1. The van der Waals surface area contributed by atoms with Crippen LogP contribution in [0, 0.1) is 17.8 Å². The molecule has 0 bridgehead atoms. The van der Waals surface area contributed by atoms with Crippen molar-refractivity contribution in [2.24, 2.45) is 23.5 Å². The summed E-state index contributed by atoms with van der Waals surface area (Å²) in [5.41, 5.74) is 5.41. The second kappa shape index (κ2) is 23.6. The summed E-state index contributed by atoms with van der Waals surface area (Å²) in [6.45, 7) is 8.55. The van der Waals surface area contributed by atoms with Crippen molar-refractivity contribution in [2.45, 2.75) is 161 Å². The summed E-state index contributed by atoms with van der Waals surface area (Å²) in [5.74, 6) is -6.10. The Morgan fingerprint density at radius 2 is 1.66 bits per heavy atom. The normalized spacial score (nSPS) is 18.8. The summed E-state index contributed by atoms with van der Waals surface area (Å²) < 4.78 is 11.3. The van der Waals surface area contributed by atoms with Crippen LogP contribution in [0.3, 0.4) is 0 Å². The predicted octanol–water partition coefficient (Wildman–Crippen LogP) is 5.82. The van der Waals surface area contributed by atoms with E-state index in [1.807, 2.05) is 19.9 Å². The predicted molar refractivity (Wildman–Crippen MR) is 218 cm³/mol. The summed E-state index contributed by atoms with van der Waals surface area (Å²) >= 11 is 6.17. The number of hydrogen-bond donors (Lipinski definition) is 2. The first-order chi connectivity index (χ1) is 27.4. The molecule has 1 aliphatic carbocycles. The molecule has 1 aromatic rings. The highest BCUT2D eigenvalue weighted by Crippen LogP contribution is 2.36. The number of likely N-dealkylation sites (tertiary alicyclic amines) is 1. The average Bonchev–Trinajstić information content (AvgIpc) is 3.60. The molecule has 5 atom stereocenters. The molecule has 13 nitrogen and oxygen atoms in total. The van der Waals surface area contributed by atoms with Crippen molar-refractivity contribution in [1.82, 2.24) is 10.2 Å². The van der Waals surface area contributed by atoms with Crippen molar-refractivity contribution in [3.63, 3.8) is 0 Å². The Hall–Kier alpha value is -3.97. The van der Waals surface area contributed by atoms with Crippen LogP contribution >= 0.6 is 11.6 Å². The maximum atomic E-state index is 14.7. The maximum Gasteiger partial charge on any atom is 0.332 e. The highest BCUT2D eigenvalue weighted by atomic mass is 35.5. The van der Waals surface area contributed by atoms with Gasteiger partial charge < -0.3 is 25.4 Å². The van der Waals surface area contributed by atoms with Crippen LogP contribution in [0.5, 0.6) is 0 Å². The molecule has 1 aliphatic heterocycles. The van der Waals surface area contributed by atoms with Gasteiger partial charge in [-0.1, -0.05) is 76.1 Å². The minimum absolute atomic E-state index is 0.00523. The fourth-order valence-corrected chi connectivity index (χ4v) is 8.23. The summed E-state index contributed by atoms with van der Waals surface area (Å²) in [6, 6.07) is 5.12. The van der Waals surface area contributed by atoms with E-state index in [9.17, 15) is 38.4 Å². The smallest absolute Gasteiger partial charge is 0.332 e. The van der Waals surface area contributed by atoms with Gasteiger partial charge in [-0.25, -0.2) is 4.79 Å². The van der Waals surface area contributed by atoms with Crippen molar-refractivity contribution >= 4 is 58.4 Å².